The number of halogens is 2. The van der Waals surface area contributed by atoms with E-state index in [0.717, 1.165) is 13.1 Å². The summed E-state index contributed by atoms with van der Waals surface area (Å²) in [5.74, 6) is -0.212. The van der Waals surface area contributed by atoms with Crippen LogP contribution in [0, 0.1) is 11.2 Å². The van der Waals surface area contributed by atoms with Gasteiger partial charge in [-0.3, -0.25) is 4.90 Å². The Labute approximate surface area is 126 Å². The topological polar surface area (TPSA) is 15.3 Å². The molecule has 2 nitrogen and oxygen atoms in total. The van der Waals surface area contributed by atoms with Gasteiger partial charge in [0.05, 0.1) is 0 Å². The molecule has 2 rings (SSSR count). The van der Waals surface area contributed by atoms with Gasteiger partial charge < -0.3 is 5.32 Å². The first-order valence-corrected chi connectivity index (χ1v) is 7.57. The highest BCUT2D eigenvalue weighted by atomic mass is 35.5. The smallest absolute Gasteiger partial charge is 0.129 e. The summed E-state index contributed by atoms with van der Waals surface area (Å²) in [6, 6.07) is 5.69. The molecule has 1 fully saturated rings. The van der Waals surface area contributed by atoms with Crippen LogP contribution >= 0.6 is 11.6 Å². The molecule has 1 aromatic carbocycles. The third-order valence-electron chi connectivity index (χ3n) is 4.03. The molecule has 0 bridgehead atoms. The van der Waals surface area contributed by atoms with Crippen LogP contribution in [0.4, 0.5) is 4.39 Å². The van der Waals surface area contributed by atoms with Gasteiger partial charge in [0.15, 0.2) is 0 Å². The van der Waals surface area contributed by atoms with Crippen LogP contribution in [0.3, 0.4) is 0 Å². The molecule has 1 aromatic rings. The Hall–Kier alpha value is -0.640. The second-order valence-corrected chi connectivity index (χ2v) is 7.23. The van der Waals surface area contributed by atoms with E-state index in [1.165, 1.54) is 6.07 Å². The van der Waals surface area contributed by atoms with Crippen LogP contribution in [0.25, 0.3) is 0 Å². The van der Waals surface area contributed by atoms with Gasteiger partial charge in [-0.1, -0.05) is 38.4 Å². The first-order valence-electron chi connectivity index (χ1n) is 7.19. The molecule has 1 saturated heterocycles. The Bertz CT molecular complexity index is 450. The summed E-state index contributed by atoms with van der Waals surface area (Å²) in [6.07, 6.45) is 0. The molecular formula is C16H24ClFN2. The van der Waals surface area contributed by atoms with Crippen molar-refractivity contribution in [2.24, 2.45) is 5.41 Å². The molecule has 0 radical (unpaired) electrons. The van der Waals surface area contributed by atoms with Crippen LogP contribution in [0.1, 0.15) is 33.3 Å². The lowest BCUT2D eigenvalue weighted by Crippen LogP contribution is -2.59. The van der Waals surface area contributed by atoms with Crippen molar-refractivity contribution in [3.05, 3.63) is 34.6 Å². The third kappa shape index (κ3) is 3.51. The summed E-state index contributed by atoms with van der Waals surface area (Å²) in [5, 5.41) is 4.03. The highest BCUT2D eigenvalue weighted by molar-refractivity contribution is 6.31. The molecule has 1 N–H and O–H groups in total. The molecule has 112 valence electrons. The van der Waals surface area contributed by atoms with Crippen molar-refractivity contribution < 1.29 is 4.39 Å². The van der Waals surface area contributed by atoms with E-state index in [1.54, 1.807) is 12.1 Å². The molecular weight excluding hydrogens is 275 g/mol. The van der Waals surface area contributed by atoms with Gasteiger partial charge in [-0.15, -0.1) is 0 Å². The number of nitrogens with zero attached hydrogens (tertiary/aromatic N) is 1. The Kier molecular flexibility index (Phi) is 4.73. The molecule has 0 spiro atoms. The maximum Gasteiger partial charge on any atom is 0.129 e. The summed E-state index contributed by atoms with van der Waals surface area (Å²) in [6.45, 7) is 11.2. The van der Waals surface area contributed by atoms with E-state index in [4.69, 9.17) is 11.6 Å². The first-order chi connectivity index (χ1) is 9.29. The van der Waals surface area contributed by atoms with E-state index >= 15 is 0 Å². The SMILES string of the molecule is CC1CN(Cc2c(F)cccc2Cl)C(C(C)(C)C)CN1. The predicted molar refractivity (Wildman–Crippen MR) is 82.5 cm³/mol. The number of piperazine rings is 1. The first kappa shape index (κ1) is 15.7. The molecule has 0 aliphatic carbocycles. The van der Waals surface area contributed by atoms with E-state index in [9.17, 15) is 4.39 Å². The molecule has 2 unspecified atom stereocenters. The van der Waals surface area contributed by atoms with Gasteiger partial charge >= 0.3 is 0 Å². The summed E-state index contributed by atoms with van der Waals surface area (Å²) in [7, 11) is 0. The molecule has 2 atom stereocenters. The monoisotopic (exact) mass is 298 g/mol. The number of hydrogen-bond acceptors (Lipinski definition) is 2. The van der Waals surface area contributed by atoms with Gasteiger partial charge in [0, 0.05) is 42.3 Å². The van der Waals surface area contributed by atoms with Crippen molar-refractivity contribution in [1.29, 1.82) is 0 Å². The summed E-state index contributed by atoms with van der Waals surface area (Å²) >= 11 is 6.16. The summed E-state index contributed by atoms with van der Waals surface area (Å²) in [5.41, 5.74) is 0.753. The van der Waals surface area contributed by atoms with Crippen LogP contribution in [0.2, 0.25) is 5.02 Å². The minimum Gasteiger partial charge on any atom is -0.311 e. The zero-order chi connectivity index (χ0) is 14.9. The minimum absolute atomic E-state index is 0.144. The molecule has 0 aromatic heterocycles. The van der Waals surface area contributed by atoms with Gasteiger partial charge in [-0.25, -0.2) is 4.39 Å². The van der Waals surface area contributed by atoms with Crippen LogP contribution in [0.15, 0.2) is 18.2 Å². The Morgan fingerprint density at radius 3 is 2.70 bits per heavy atom. The average Bonchev–Trinajstić information content (AvgIpc) is 2.32. The Morgan fingerprint density at radius 1 is 1.40 bits per heavy atom. The van der Waals surface area contributed by atoms with E-state index < -0.39 is 0 Å². The zero-order valence-corrected chi connectivity index (χ0v) is 13.5. The van der Waals surface area contributed by atoms with Crippen molar-refractivity contribution in [2.45, 2.75) is 46.3 Å². The van der Waals surface area contributed by atoms with E-state index in [1.807, 2.05) is 0 Å². The average molecular weight is 299 g/mol. The van der Waals surface area contributed by atoms with Crippen LogP contribution in [-0.4, -0.2) is 30.1 Å². The van der Waals surface area contributed by atoms with Gasteiger partial charge in [0.25, 0.3) is 0 Å². The van der Waals surface area contributed by atoms with Crippen molar-refractivity contribution in [3.63, 3.8) is 0 Å². The van der Waals surface area contributed by atoms with Gasteiger partial charge in [-0.05, 0) is 24.5 Å². The Balaban J connectivity index is 2.24. The van der Waals surface area contributed by atoms with Crippen LogP contribution < -0.4 is 5.32 Å². The lowest BCUT2D eigenvalue weighted by molar-refractivity contribution is 0.0518. The summed E-state index contributed by atoms with van der Waals surface area (Å²) < 4.78 is 14.0. The van der Waals surface area contributed by atoms with Crippen LogP contribution in [-0.2, 0) is 6.54 Å². The zero-order valence-electron chi connectivity index (χ0n) is 12.7. The second kappa shape index (κ2) is 6.00. The normalized spacial score (nSPS) is 24.9. The maximum absolute atomic E-state index is 14.0. The highest BCUT2D eigenvalue weighted by Crippen LogP contribution is 2.29. The molecule has 1 aliphatic heterocycles. The van der Waals surface area contributed by atoms with Crippen molar-refractivity contribution >= 4 is 11.6 Å². The highest BCUT2D eigenvalue weighted by Gasteiger charge is 2.34. The quantitative estimate of drug-likeness (QED) is 0.896. The number of benzene rings is 1. The lowest BCUT2D eigenvalue weighted by atomic mass is 9.83. The van der Waals surface area contributed by atoms with Crippen LogP contribution in [0.5, 0.6) is 0 Å². The van der Waals surface area contributed by atoms with E-state index in [-0.39, 0.29) is 11.2 Å². The molecule has 1 aliphatic rings. The lowest BCUT2D eigenvalue weighted by Gasteiger charge is -2.46. The van der Waals surface area contributed by atoms with E-state index in [2.05, 4.69) is 37.9 Å². The number of rotatable bonds is 2. The predicted octanol–water partition coefficient (Wildman–Crippen LogP) is 3.69. The standard InChI is InChI=1S/C16H24ClFN2/c1-11-9-20(15(8-19-11)16(2,3)4)10-12-13(17)6-5-7-14(12)18/h5-7,11,15,19H,8-10H2,1-4H3. The fourth-order valence-corrected chi connectivity index (χ4v) is 3.12. The fraction of sp³-hybridized carbons (Fsp3) is 0.625. The Morgan fingerprint density at radius 2 is 2.10 bits per heavy atom. The molecule has 1 heterocycles. The molecule has 0 saturated carbocycles. The fourth-order valence-electron chi connectivity index (χ4n) is 2.90. The maximum atomic E-state index is 14.0. The van der Waals surface area contributed by atoms with Crippen molar-refractivity contribution in [2.75, 3.05) is 13.1 Å². The van der Waals surface area contributed by atoms with Gasteiger partial charge in [0.1, 0.15) is 5.82 Å². The van der Waals surface area contributed by atoms with E-state index in [0.29, 0.717) is 29.2 Å². The van der Waals surface area contributed by atoms with Crippen molar-refractivity contribution in [3.8, 4) is 0 Å². The van der Waals surface area contributed by atoms with Gasteiger partial charge in [-0.2, -0.15) is 0 Å². The molecule has 0 amide bonds. The summed E-state index contributed by atoms with van der Waals surface area (Å²) in [4.78, 5) is 2.35. The molecule has 20 heavy (non-hydrogen) atoms. The van der Waals surface area contributed by atoms with Gasteiger partial charge in [0.2, 0.25) is 0 Å². The third-order valence-corrected chi connectivity index (χ3v) is 4.39. The largest absolute Gasteiger partial charge is 0.311 e. The minimum atomic E-state index is -0.212. The van der Waals surface area contributed by atoms with Crippen molar-refractivity contribution in [1.82, 2.24) is 10.2 Å². The number of hydrogen-bond donors (Lipinski definition) is 1. The second-order valence-electron chi connectivity index (χ2n) is 6.82. The molecule has 4 heteroatoms. The number of nitrogens with one attached hydrogen (secondary N) is 1.